The quantitative estimate of drug-likeness (QED) is 0.400. The van der Waals surface area contributed by atoms with Crippen LogP contribution in [-0.4, -0.2) is 32.6 Å². The van der Waals surface area contributed by atoms with Crippen LogP contribution in [0.5, 0.6) is 11.6 Å². The molecule has 0 aliphatic heterocycles. The van der Waals surface area contributed by atoms with Gasteiger partial charge in [0, 0.05) is 22.8 Å². The van der Waals surface area contributed by atoms with Crippen molar-refractivity contribution in [2.24, 2.45) is 0 Å². The second-order valence-corrected chi connectivity index (χ2v) is 7.16. The fourth-order valence-corrected chi connectivity index (χ4v) is 3.13. The largest absolute Gasteiger partial charge is 0.439 e. The zero-order valence-electron chi connectivity index (χ0n) is 16.3. The number of nitrogens with one attached hydrogen (secondary N) is 2. The first-order valence-electron chi connectivity index (χ1n) is 9.53. The van der Waals surface area contributed by atoms with E-state index in [0.29, 0.717) is 33.6 Å². The molecule has 1 atom stereocenters. The maximum Gasteiger partial charge on any atom is 0.268 e. The Bertz CT molecular complexity index is 1160. The number of aliphatic hydroxyl groups excluding tert-OH is 1. The molecule has 0 aliphatic rings. The van der Waals surface area contributed by atoms with Gasteiger partial charge in [-0.15, -0.1) is 0 Å². The Balaban J connectivity index is 1.48. The summed E-state index contributed by atoms with van der Waals surface area (Å²) in [6.45, 7) is -0.243. The predicted molar refractivity (Wildman–Crippen MR) is 117 cm³/mol. The highest BCUT2D eigenvalue weighted by atomic mass is 35.5. The Labute approximate surface area is 183 Å². The monoisotopic (exact) mass is 434 g/mol. The second-order valence-electron chi connectivity index (χ2n) is 6.72. The van der Waals surface area contributed by atoms with Crippen molar-refractivity contribution in [2.45, 2.75) is 6.04 Å². The lowest BCUT2D eigenvalue weighted by atomic mass is 10.1. The van der Waals surface area contributed by atoms with Crippen LogP contribution in [0, 0.1) is 0 Å². The molecule has 0 saturated carbocycles. The first-order chi connectivity index (χ1) is 15.1. The molecule has 0 bridgehead atoms. The van der Waals surface area contributed by atoms with E-state index in [1.54, 1.807) is 42.6 Å². The average Bonchev–Trinajstić information content (AvgIpc) is 3.30. The van der Waals surface area contributed by atoms with Gasteiger partial charge in [-0.05, 0) is 35.9 Å². The number of H-pyrrole nitrogens is 1. The van der Waals surface area contributed by atoms with Gasteiger partial charge in [0.05, 0.1) is 18.3 Å². The molecule has 2 heterocycles. The van der Waals surface area contributed by atoms with E-state index in [4.69, 9.17) is 16.3 Å². The average molecular weight is 435 g/mol. The van der Waals surface area contributed by atoms with Crippen LogP contribution in [0.15, 0.2) is 79.3 Å². The SMILES string of the molecule is O=C(N[C@H](CO)c1ccc(Cl)cc1)c1cc(-c2cc(Oc3ccccc3)ncn2)c[nH]1. The summed E-state index contributed by atoms with van der Waals surface area (Å²) in [4.78, 5) is 24.0. The fourth-order valence-electron chi connectivity index (χ4n) is 3.00. The number of halogens is 1. The van der Waals surface area contributed by atoms with Crippen molar-refractivity contribution in [1.82, 2.24) is 20.3 Å². The summed E-state index contributed by atoms with van der Waals surface area (Å²) in [5.74, 6) is 0.708. The molecular formula is C23H19ClN4O3. The van der Waals surface area contributed by atoms with Crippen molar-refractivity contribution in [3.63, 3.8) is 0 Å². The number of aliphatic hydroxyl groups is 1. The van der Waals surface area contributed by atoms with E-state index < -0.39 is 6.04 Å². The number of benzene rings is 2. The molecule has 0 fully saturated rings. The van der Waals surface area contributed by atoms with E-state index in [1.807, 2.05) is 30.3 Å². The predicted octanol–water partition coefficient (Wildman–Crippen LogP) is 4.38. The molecule has 3 N–H and O–H groups in total. The Morgan fingerprint density at radius 1 is 1.10 bits per heavy atom. The van der Waals surface area contributed by atoms with Crippen molar-refractivity contribution in [3.8, 4) is 22.9 Å². The standard InChI is InChI=1S/C23H19ClN4O3/c24-17-8-6-15(7-9-17)21(13-29)28-23(30)20-10-16(12-25-20)19-11-22(27-14-26-19)31-18-4-2-1-3-5-18/h1-12,14,21,25,29H,13H2,(H,28,30)/t21-/m1/s1. The highest BCUT2D eigenvalue weighted by Crippen LogP contribution is 2.24. The first kappa shape index (κ1) is 20.6. The lowest BCUT2D eigenvalue weighted by Crippen LogP contribution is -2.30. The minimum Gasteiger partial charge on any atom is -0.439 e. The third-order valence-corrected chi connectivity index (χ3v) is 4.84. The van der Waals surface area contributed by atoms with Gasteiger partial charge in [0.1, 0.15) is 17.8 Å². The first-order valence-corrected chi connectivity index (χ1v) is 9.91. The Morgan fingerprint density at radius 3 is 2.61 bits per heavy atom. The van der Waals surface area contributed by atoms with Gasteiger partial charge in [0.15, 0.2) is 0 Å². The Morgan fingerprint density at radius 2 is 1.87 bits per heavy atom. The molecule has 156 valence electrons. The molecule has 8 heteroatoms. The summed E-state index contributed by atoms with van der Waals surface area (Å²) < 4.78 is 5.74. The number of rotatable bonds is 7. The van der Waals surface area contributed by atoms with Crippen LogP contribution in [-0.2, 0) is 0 Å². The number of hydrogen-bond donors (Lipinski definition) is 3. The van der Waals surface area contributed by atoms with Crippen LogP contribution in [0.25, 0.3) is 11.3 Å². The molecular weight excluding hydrogens is 416 g/mol. The number of hydrogen-bond acceptors (Lipinski definition) is 5. The van der Waals surface area contributed by atoms with Gasteiger partial charge in [-0.2, -0.15) is 0 Å². The lowest BCUT2D eigenvalue weighted by molar-refractivity contribution is 0.0912. The van der Waals surface area contributed by atoms with Gasteiger partial charge in [-0.25, -0.2) is 9.97 Å². The third kappa shape index (κ3) is 5.09. The number of amides is 1. The van der Waals surface area contributed by atoms with Crippen LogP contribution in [0.3, 0.4) is 0 Å². The van der Waals surface area contributed by atoms with Gasteiger partial charge in [0.2, 0.25) is 5.88 Å². The molecule has 0 spiro atoms. The summed E-state index contributed by atoms with van der Waals surface area (Å²) in [5.41, 5.74) is 2.40. The summed E-state index contributed by atoms with van der Waals surface area (Å²) in [6, 6.07) is 19.1. The highest BCUT2D eigenvalue weighted by molar-refractivity contribution is 6.30. The van der Waals surface area contributed by atoms with Crippen molar-refractivity contribution >= 4 is 17.5 Å². The smallest absolute Gasteiger partial charge is 0.268 e. The number of ether oxygens (including phenoxy) is 1. The van der Waals surface area contributed by atoms with E-state index >= 15 is 0 Å². The second kappa shape index (κ2) is 9.42. The number of aromatic nitrogens is 3. The van der Waals surface area contributed by atoms with Crippen molar-refractivity contribution < 1.29 is 14.6 Å². The number of carbonyl (C=O) groups is 1. The van der Waals surface area contributed by atoms with Crippen LogP contribution < -0.4 is 10.1 Å². The summed E-state index contributed by atoms with van der Waals surface area (Å²) in [6.07, 6.45) is 3.09. The van der Waals surface area contributed by atoms with Gasteiger partial charge < -0.3 is 20.1 Å². The van der Waals surface area contributed by atoms with Crippen LogP contribution in [0.2, 0.25) is 5.02 Å². The molecule has 1 amide bonds. The fraction of sp³-hybridized carbons (Fsp3) is 0.0870. The minimum absolute atomic E-state index is 0.243. The molecule has 0 radical (unpaired) electrons. The number of nitrogens with zero attached hydrogens (tertiary/aromatic N) is 2. The highest BCUT2D eigenvalue weighted by Gasteiger charge is 2.17. The molecule has 7 nitrogen and oxygen atoms in total. The molecule has 4 rings (SSSR count). The number of aromatic amines is 1. The zero-order chi connectivity index (χ0) is 21.6. The van der Waals surface area contributed by atoms with E-state index in [-0.39, 0.29) is 12.5 Å². The molecule has 0 unspecified atom stereocenters. The number of para-hydroxylation sites is 1. The van der Waals surface area contributed by atoms with Crippen LogP contribution >= 0.6 is 11.6 Å². The van der Waals surface area contributed by atoms with E-state index in [9.17, 15) is 9.90 Å². The van der Waals surface area contributed by atoms with E-state index in [1.165, 1.54) is 6.33 Å². The van der Waals surface area contributed by atoms with Crippen molar-refractivity contribution in [3.05, 3.63) is 95.5 Å². The Hall–Kier alpha value is -3.68. The summed E-state index contributed by atoms with van der Waals surface area (Å²) in [5, 5.41) is 13.1. The maximum atomic E-state index is 12.7. The summed E-state index contributed by atoms with van der Waals surface area (Å²) in [7, 11) is 0. The van der Waals surface area contributed by atoms with E-state index in [2.05, 4.69) is 20.3 Å². The molecule has 0 saturated heterocycles. The normalized spacial score (nSPS) is 11.7. The molecule has 31 heavy (non-hydrogen) atoms. The van der Waals surface area contributed by atoms with Gasteiger partial charge >= 0.3 is 0 Å². The van der Waals surface area contributed by atoms with E-state index in [0.717, 1.165) is 5.56 Å². The zero-order valence-corrected chi connectivity index (χ0v) is 17.1. The minimum atomic E-state index is -0.554. The molecule has 0 aliphatic carbocycles. The van der Waals surface area contributed by atoms with Crippen LogP contribution in [0.4, 0.5) is 0 Å². The number of carbonyl (C=O) groups excluding carboxylic acids is 1. The lowest BCUT2D eigenvalue weighted by Gasteiger charge is -2.16. The van der Waals surface area contributed by atoms with Crippen molar-refractivity contribution in [1.29, 1.82) is 0 Å². The molecule has 2 aromatic carbocycles. The molecule has 2 aromatic heterocycles. The third-order valence-electron chi connectivity index (χ3n) is 4.59. The molecule has 4 aromatic rings. The van der Waals surface area contributed by atoms with Gasteiger partial charge in [-0.3, -0.25) is 4.79 Å². The van der Waals surface area contributed by atoms with Crippen molar-refractivity contribution in [2.75, 3.05) is 6.61 Å². The Kier molecular flexibility index (Phi) is 6.26. The maximum absolute atomic E-state index is 12.7. The summed E-state index contributed by atoms with van der Waals surface area (Å²) >= 11 is 5.90. The van der Waals surface area contributed by atoms with Gasteiger partial charge in [0.25, 0.3) is 5.91 Å². The van der Waals surface area contributed by atoms with Gasteiger partial charge in [-0.1, -0.05) is 41.9 Å². The topological polar surface area (TPSA) is 100 Å². The van der Waals surface area contributed by atoms with Crippen LogP contribution in [0.1, 0.15) is 22.1 Å².